The van der Waals surface area contributed by atoms with Crippen LogP contribution in [0.5, 0.6) is 0 Å². The molecule has 0 heterocycles. The monoisotopic (exact) mass is 307 g/mol. The van der Waals surface area contributed by atoms with E-state index in [0.717, 1.165) is 22.3 Å². The zero-order chi connectivity index (χ0) is 17.3. The highest BCUT2D eigenvalue weighted by Gasteiger charge is 2.06. The molecule has 2 aromatic carbocycles. The molecule has 2 aromatic rings. The van der Waals surface area contributed by atoms with Crippen molar-refractivity contribution in [2.45, 2.75) is 6.54 Å². The Balaban J connectivity index is 0.000000238. The molecule has 0 atom stereocenters. The van der Waals surface area contributed by atoms with Gasteiger partial charge >= 0.3 is 0 Å². The zero-order valence-corrected chi connectivity index (χ0v) is 14.0. The minimum Gasteiger partial charge on any atom is -0.633 e. The van der Waals surface area contributed by atoms with Crippen LogP contribution < -0.4 is 0 Å². The summed E-state index contributed by atoms with van der Waals surface area (Å²) in [6.07, 6.45) is 5.44. The summed E-state index contributed by atoms with van der Waals surface area (Å²) >= 11 is 0. The fraction of sp³-hybridized carbons (Fsp3) is 0.143. The molecule has 0 radical (unpaired) electrons. The molecule has 0 bridgehead atoms. The van der Waals surface area contributed by atoms with Crippen LogP contribution in [0.3, 0.4) is 0 Å². The van der Waals surface area contributed by atoms with Crippen LogP contribution in [0.25, 0.3) is 18.2 Å². The van der Waals surface area contributed by atoms with E-state index in [1.54, 1.807) is 20.2 Å². The molecule has 0 fully saturated rings. The second-order valence-electron chi connectivity index (χ2n) is 5.67. The number of benzene rings is 2. The first-order chi connectivity index (χ1) is 10.9. The summed E-state index contributed by atoms with van der Waals surface area (Å²) in [5.74, 6) is 0. The predicted octanol–water partition coefficient (Wildman–Crippen LogP) is 5.38. The number of hydroxylamine groups is 3. The zero-order valence-electron chi connectivity index (χ0n) is 14.0. The summed E-state index contributed by atoms with van der Waals surface area (Å²) < 4.78 is -0.301. The first-order valence-corrected chi connectivity index (χ1v) is 7.49. The van der Waals surface area contributed by atoms with E-state index in [4.69, 9.17) is 0 Å². The van der Waals surface area contributed by atoms with E-state index in [-0.39, 0.29) is 4.65 Å². The largest absolute Gasteiger partial charge is 0.633 e. The molecule has 2 rings (SSSR count). The number of quaternary nitrogens is 1. The Morgan fingerprint density at radius 3 is 1.57 bits per heavy atom. The van der Waals surface area contributed by atoms with Gasteiger partial charge in [0.1, 0.15) is 6.54 Å². The highest BCUT2D eigenvalue weighted by molar-refractivity contribution is 5.63. The smallest absolute Gasteiger partial charge is 0.104 e. The van der Waals surface area contributed by atoms with Crippen LogP contribution in [0, 0.1) is 5.21 Å². The standard InChI is InChI=1S/C11H15NO.C10H10/c1-4-10-7-5-6-8-11(10)9-12(2,3)13;1-3-9-7-5-6-8-10(9)4-2/h4-8H,1,9H2,2-3H3;3-8H,1-2H2. The fourth-order valence-corrected chi connectivity index (χ4v) is 2.17. The van der Waals surface area contributed by atoms with Gasteiger partial charge < -0.3 is 9.85 Å². The van der Waals surface area contributed by atoms with E-state index in [2.05, 4.69) is 19.7 Å². The Kier molecular flexibility index (Phi) is 7.20. The van der Waals surface area contributed by atoms with E-state index in [1.165, 1.54) is 0 Å². The molecule has 2 heteroatoms. The second kappa shape index (κ2) is 8.89. The van der Waals surface area contributed by atoms with Gasteiger partial charge in [0.25, 0.3) is 0 Å². The molecule has 0 aromatic heterocycles. The maximum absolute atomic E-state index is 11.4. The van der Waals surface area contributed by atoms with Gasteiger partial charge in [0.05, 0.1) is 14.1 Å². The summed E-state index contributed by atoms with van der Waals surface area (Å²) in [6, 6.07) is 15.8. The SMILES string of the molecule is C=Cc1ccccc1C=C.C=Cc1ccccc1C[N+](C)(C)[O-]. The topological polar surface area (TPSA) is 23.1 Å². The molecule has 0 spiro atoms. The molecule has 0 unspecified atom stereocenters. The molecule has 0 aliphatic carbocycles. The highest BCUT2D eigenvalue weighted by atomic mass is 16.5. The molecule has 0 amide bonds. The van der Waals surface area contributed by atoms with Crippen molar-refractivity contribution < 1.29 is 4.65 Å². The molecule has 0 N–H and O–H groups in total. The van der Waals surface area contributed by atoms with Crippen LogP contribution in [0.15, 0.2) is 68.3 Å². The van der Waals surface area contributed by atoms with Crippen molar-refractivity contribution in [2.75, 3.05) is 14.1 Å². The normalized spacial score (nSPS) is 10.2. The van der Waals surface area contributed by atoms with E-state index in [0.29, 0.717) is 6.54 Å². The van der Waals surface area contributed by atoms with Gasteiger partial charge in [-0.3, -0.25) is 0 Å². The number of hydrogen-bond acceptors (Lipinski definition) is 1. The molecule has 0 aliphatic heterocycles. The first kappa shape index (κ1) is 18.6. The van der Waals surface area contributed by atoms with E-state index >= 15 is 0 Å². The second-order valence-corrected chi connectivity index (χ2v) is 5.67. The van der Waals surface area contributed by atoms with Crippen molar-refractivity contribution in [1.29, 1.82) is 0 Å². The average Bonchev–Trinajstić information content (AvgIpc) is 2.54. The third-order valence-corrected chi connectivity index (χ3v) is 3.26. The van der Waals surface area contributed by atoms with E-state index < -0.39 is 0 Å². The van der Waals surface area contributed by atoms with Crippen LogP contribution in [-0.4, -0.2) is 18.7 Å². The van der Waals surface area contributed by atoms with Gasteiger partial charge in [0, 0.05) is 5.56 Å². The third-order valence-electron chi connectivity index (χ3n) is 3.26. The Bertz CT molecular complexity index is 639. The summed E-state index contributed by atoms with van der Waals surface area (Å²) in [4.78, 5) is 0. The minimum absolute atomic E-state index is 0.301. The molecular formula is C21H25NO. The quantitative estimate of drug-likeness (QED) is 0.537. The van der Waals surface area contributed by atoms with Crippen LogP contribution in [0.1, 0.15) is 22.3 Å². The molecule has 120 valence electrons. The van der Waals surface area contributed by atoms with Crippen molar-refractivity contribution in [3.63, 3.8) is 0 Å². The lowest BCUT2D eigenvalue weighted by atomic mass is 10.1. The summed E-state index contributed by atoms with van der Waals surface area (Å²) in [6.45, 7) is 11.6. The van der Waals surface area contributed by atoms with Gasteiger partial charge in [-0.2, -0.15) is 0 Å². The van der Waals surface area contributed by atoms with Crippen molar-refractivity contribution in [3.8, 4) is 0 Å². The summed E-state index contributed by atoms with van der Waals surface area (Å²) in [7, 11) is 3.28. The fourth-order valence-electron chi connectivity index (χ4n) is 2.17. The van der Waals surface area contributed by atoms with E-state index in [9.17, 15) is 5.21 Å². The van der Waals surface area contributed by atoms with Crippen LogP contribution in [0.4, 0.5) is 0 Å². The van der Waals surface area contributed by atoms with Crippen molar-refractivity contribution in [3.05, 3.63) is 95.7 Å². The predicted molar refractivity (Wildman–Crippen MR) is 102 cm³/mol. The lowest BCUT2D eigenvalue weighted by Crippen LogP contribution is -2.31. The number of nitrogens with zero attached hydrogens (tertiary/aromatic N) is 1. The molecule has 2 nitrogen and oxygen atoms in total. The van der Waals surface area contributed by atoms with Gasteiger partial charge in [-0.15, -0.1) is 0 Å². The third kappa shape index (κ3) is 6.47. The van der Waals surface area contributed by atoms with Crippen molar-refractivity contribution >= 4 is 18.2 Å². The Labute approximate surface area is 139 Å². The number of rotatable bonds is 5. The minimum atomic E-state index is -0.301. The maximum atomic E-state index is 11.4. The maximum Gasteiger partial charge on any atom is 0.104 e. The van der Waals surface area contributed by atoms with Crippen molar-refractivity contribution in [2.24, 2.45) is 0 Å². The van der Waals surface area contributed by atoms with Gasteiger partial charge in [0.15, 0.2) is 0 Å². The summed E-state index contributed by atoms with van der Waals surface area (Å²) in [5, 5.41) is 11.4. The lowest BCUT2D eigenvalue weighted by Gasteiger charge is -2.34. The van der Waals surface area contributed by atoms with Gasteiger partial charge in [-0.25, -0.2) is 0 Å². The Morgan fingerprint density at radius 1 is 0.783 bits per heavy atom. The summed E-state index contributed by atoms with van der Waals surface area (Å²) in [5.41, 5.74) is 4.37. The van der Waals surface area contributed by atoms with E-state index in [1.807, 2.05) is 60.7 Å². The Hall–Kier alpha value is -2.42. The van der Waals surface area contributed by atoms with Crippen molar-refractivity contribution in [1.82, 2.24) is 0 Å². The lowest BCUT2D eigenvalue weighted by molar-refractivity contribution is -0.853. The van der Waals surface area contributed by atoms with Gasteiger partial charge in [-0.1, -0.05) is 86.5 Å². The van der Waals surface area contributed by atoms with Crippen LogP contribution in [-0.2, 0) is 6.54 Å². The Morgan fingerprint density at radius 2 is 1.17 bits per heavy atom. The molecule has 0 saturated heterocycles. The molecule has 0 aliphatic rings. The van der Waals surface area contributed by atoms with Gasteiger partial charge in [0.2, 0.25) is 0 Å². The first-order valence-electron chi connectivity index (χ1n) is 7.49. The number of hydrogen-bond donors (Lipinski definition) is 0. The average molecular weight is 307 g/mol. The highest BCUT2D eigenvalue weighted by Crippen LogP contribution is 2.14. The molecule has 0 saturated carbocycles. The van der Waals surface area contributed by atoms with Crippen LogP contribution >= 0.6 is 0 Å². The van der Waals surface area contributed by atoms with Gasteiger partial charge in [-0.05, 0) is 16.7 Å². The molecular weight excluding hydrogens is 282 g/mol. The molecule has 23 heavy (non-hydrogen) atoms. The van der Waals surface area contributed by atoms with Crippen LogP contribution in [0.2, 0.25) is 0 Å².